The molecule has 1 amide bonds. The molecule has 1 fully saturated rings. The number of carbonyl (C=O) groups is 1. The summed E-state index contributed by atoms with van der Waals surface area (Å²) in [6.45, 7) is 1.24. The zero-order valence-electron chi connectivity index (χ0n) is 18.3. The van der Waals surface area contributed by atoms with Crippen LogP contribution in [0.15, 0.2) is 60.8 Å². The van der Waals surface area contributed by atoms with E-state index < -0.39 is 9.96 Å². The third kappa shape index (κ3) is 5.66. The molecule has 0 bridgehead atoms. The van der Waals surface area contributed by atoms with Crippen LogP contribution in [0, 0.1) is 0 Å². The van der Waals surface area contributed by atoms with Crippen molar-refractivity contribution in [2.45, 2.75) is 29.2 Å². The van der Waals surface area contributed by atoms with Gasteiger partial charge in [0.1, 0.15) is 0 Å². The number of para-hydroxylation sites is 1. The Bertz CT molecular complexity index is 1200. The van der Waals surface area contributed by atoms with Crippen molar-refractivity contribution in [1.82, 2.24) is 15.2 Å². The number of nitrogens with two attached hydrogens (primary N) is 1. The zero-order valence-corrected chi connectivity index (χ0v) is 21.3. The zero-order chi connectivity index (χ0) is 24.3. The van der Waals surface area contributed by atoms with Crippen LogP contribution < -0.4 is 16.0 Å². The van der Waals surface area contributed by atoms with Gasteiger partial charge in [-0.25, -0.2) is 0 Å². The first-order valence-electron chi connectivity index (χ1n) is 10.9. The molecular formula is C24H24Cl3N5OS. The average molecular weight is 537 g/mol. The Morgan fingerprint density at radius 2 is 1.91 bits per heavy atom. The Morgan fingerprint density at radius 1 is 1.15 bits per heavy atom. The molecule has 1 saturated heterocycles. The molecule has 4 rings (SSSR count). The quantitative estimate of drug-likeness (QED) is 0.261. The van der Waals surface area contributed by atoms with E-state index in [2.05, 4.69) is 10.3 Å². The van der Waals surface area contributed by atoms with Gasteiger partial charge in [0.25, 0.3) is 0 Å². The molecule has 2 aromatic carbocycles. The molecular weight excluding hydrogens is 513 g/mol. The summed E-state index contributed by atoms with van der Waals surface area (Å²) in [4.78, 5) is 21.1. The topological polar surface area (TPSA) is 74.5 Å². The summed E-state index contributed by atoms with van der Waals surface area (Å²) in [6.07, 6.45) is 2.32. The number of benzene rings is 2. The van der Waals surface area contributed by atoms with Gasteiger partial charge in [-0.15, -0.1) is 0 Å². The van der Waals surface area contributed by atoms with E-state index in [0.717, 1.165) is 28.6 Å². The van der Waals surface area contributed by atoms with Crippen LogP contribution in [-0.2, 0) is 11.2 Å². The van der Waals surface area contributed by atoms with Gasteiger partial charge in [-0.05, 0) is 54.9 Å². The molecule has 2 heterocycles. The van der Waals surface area contributed by atoms with Crippen LogP contribution in [0.5, 0.6) is 0 Å². The van der Waals surface area contributed by atoms with Crippen molar-refractivity contribution in [1.29, 1.82) is 0 Å². The molecule has 10 heteroatoms. The number of rotatable bonds is 6. The lowest BCUT2D eigenvalue weighted by molar-refractivity contribution is -0.122. The van der Waals surface area contributed by atoms with E-state index in [1.54, 1.807) is 17.2 Å². The minimum atomic E-state index is -1.79. The van der Waals surface area contributed by atoms with Gasteiger partial charge < -0.3 is 20.9 Å². The van der Waals surface area contributed by atoms with Gasteiger partial charge in [0.15, 0.2) is 11.3 Å². The average Bonchev–Trinajstić information content (AvgIpc) is 2.81. The smallest absolute Gasteiger partial charge is 0.228 e. The van der Waals surface area contributed by atoms with Crippen LogP contribution in [0.2, 0.25) is 0 Å². The van der Waals surface area contributed by atoms with Crippen molar-refractivity contribution < 1.29 is 4.79 Å². The number of halogens is 3. The van der Waals surface area contributed by atoms with Crippen LogP contribution in [0.25, 0.3) is 10.9 Å². The molecule has 0 spiro atoms. The number of pyridine rings is 1. The summed E-state index contributed by atoms with van der Waals surface area (Å²) < 4.78 is -1.79. The minimum absolute atomic E-state index is 0.220. The lowest BCUT2D eigenvalue weighted by Gasteiger charge is -2.44. The summed E-state index contributed by atoms with van der Waals surface area (Å²) in [5, 5.41) is 4.36. The van der Waals surface area contributed by atoms with Crippen molar-refractivity contribution in [3.05, 3.63) is 66.4 Å². The maximum atomic E-state index is 12.8. The minimum Gasteiger partial charge on any atom is -0.399 e. The second-order valence-corrected chi connectivity index (χ2v) is 10.8. The number of thiocarbonyl (C=S) groups is 1. The first kappa shape index (κ1) is 24.8. The SMILES string of the molecule is Nc1cccc(CCC(=O)NC(N2CCCN(c3cccc4cccnc34)C2=S)C(Cl)(Cl)Cl)c1. The number of nitrogens with one attached hydrogen (secondary N) is 1. The predicted molar refractivity (Wildman–Crippen MR) is 144 cm³/mol. The van der Waals surface area contributed by atoms with Gasteiger partial charge in [-0.1, -0.05) is 65.1 Å². The van der Waals surface area contributed by atoms with Crippen LogP contribution in [0.4, 0.5) is 11.4 Å². The normalized spacial score (nSPS) is 15.4. The van der Waals surface area contributed by atoms with Gasteiger partial charge in [0.05, 0.1) is 11.2 Å². The molecule has 0 aliphatic carbocycles. The molecule has 1 aliphatic rings. The highest BCUT2D eigenvalue weighted by molar-refractivity contribution is 7.80. The Kier molecular flexibility index (Phi) is 7.67. The highest BCUT2D eigenvalue weighted by Gasteiger charge is 2.42. The molecule has 6 nitrogen and oxygen atoms in total. The van der Waals surface area contributed by atoms with Crippen molar-refractivity contribution in [2.75, 3.05) is 23.7 Å². The van der Waals surface area contributed by atoms with Crippen molar-refractivity contribution >= 4 is 80.3 Å². The standard InChI is InChI=1S/C24H24Cl3N5OS/c25-24(26,27)22(30-20(33)11-10-16-5-1-8-18(28)15-16)32-14-4-13-31(23(32)34)19-9-2-6-17-7-3-12-29-21(17)19/h1-3,5-9,12,15,22H,4,10-11,13-14,28H2,(H,30,33). The van der Waals surface area contributed by atoms with Gasteiger partial charge in [0.2, 0.25) is 9.70 Å². The number of hydrogen-bond acceptors (Lipinski definition) is 4. The summed E-state index contributed by atoms with van der Waals surface area (Å²) >= 11 is 24.8. The number of aryl methyl sites for hydroxylation is 1. The highest BCUT2D eigenvalue weighted by Crippen LogP contribution is 2.35. The first-order chi connectivity index (χ1) is 16.2. The Balaban J connectivity index is 1.53. The number of nitrogens with zero attached hydrogens (tertiary/aromatic N) is 3. The second-order valence-electron chi connectivity index (χ2n) is 8.09. The van der Waals surface area contributed by atoms with Crippen LogP contribution in [0.3, 0.4) is 0 Å². The highest BCUT2D eigenvalue weighted by atomic mass is 35.6. The lowest BCUT2D eigenvalue weighted by atomic mass is 10.1. The maximum Gasteiger partial charge on any atom is 0.228 e. The molecule has 3 N–H and O–H groups in total. The van der Waals surface area contributed by atoms with Gasteiger partial charge >= 0.3 is 0 Å². The van der Waals surface area contributed by atoms with E-state index in [4.69, 9.17) is 52.8 Å². The number of fused-ring (bicyclic) bond motifs is 1. The molecule has 0 radical (unpaired) electrons. The van der Waals surface area contributed by atoms with E-state index in [0.29, 0.717) is 30.3 Å². The van der Waals surface area contributed by atoms with Crippen LogP contribution >= 0.6 is 47.0 Å². The second kappa shape index (κ2) is 10.5. The van der Waals surface area contributed by atoms with Gasteiger partial charge in [-0.2, -0.15) is 0 Å². The maximum absolute atomic E-state index is 12.8. The number of anilines is 2. The number of hydrogen-bond donors (Lipinski definition) is 2. The molecule has 3 aromatic rings. The molecule has 1 aromatic heterocycles. The summed E-state index contributed by atoms with van der Waals surface area (Å²) in [7, 11) is 0. The van der Waals surface area contributed by atoms with Crippen molar-refractivity contribution in [3.63, 3.8) is 0 Å². The number of nitrogen functional groups attached to an aromatic ring is 1. The van der Waals surface area contributed by atoms with Crippen molar-refractivity contribution in [3.8, 4) is 0 Å². The molecule has 34 heavy (non-hydrogen) atoms. The Labute approximate surface area is 219 Å². The Hall–Kier alpha value is -2.32. The molecule has 178 valence electrons. The summed E-state index contributed by atoms with van der Waals surface area (Å²) in [5.41, 5.74) is 9.16. The number of aromatic nitrogens is 1. The number of carbonyl (C=O) groups excluding carboxylic acids is 1. The van der Waals surface area contributed by atoms with E-state index in [1.165, 1.54) is 0 Å². The van der Waals surface area contributed by atoms with Crippen molar-refractivity contribution in [2.24, 2.45) is 0 Å². The fraction of sp³-hybridized carbons (Fsp3) is 0.292. The fourth-order valence-electron chi connectivity index (χ4n) is 4.08. The van der Waals surface area contributed by atoms with E-state index >= 15 is 0 Å². The molecule has 1 unspecified atom stereocenters. The van der Waals surface area contributed by atoms with E-state index in [9.17, 15) is 4.79 Å². The molecule has 0 saturated carbocycles. The molecule has 1 aliphatic heterocycles. The number of amides is 1. The van der Waals surface area contributed by atoms with E-state index in [1.807, 2.05) is 53.4 Å². The van der Waals surface area contributed by atoms with Crippen LogP contribution in [0.1, 0.15) is 18.4 Å². The summed E-state index contributed by atoms with van der Waals surface area (Å²) in [6, 6.07) is 17.3. The predicted octanol–water partition coefficient (Wildman–Crippen LogP) is 5.06. The third-order valence-electron chi connectivity index (χ3n) is 5.67. The van der Waals surface area contributed by atoms with E-state index in [-0.39, 0.29) is 12.3 Å². The fourth-order valence-corrected chi connectivity index (χ4v) is 4.99. The third-order valence-corrected chi connectivity index (χ3v) is 6.75. The molecule has 1 atom stereocenters. The lowest BCUT2D eigenvalue weighted by Crippen LogP contribution is -2.62. The van der Waals surface area contributed by atoms with Crippen LogP contribution in [-0.4, -0.2) is 44.0 Å². The van der Waals surface area contributed by atoms with Gasteiger partial charge in [-0.3, -0.25) is 9.78 Å². The largest absolute Gasteiger partial charge is 0.399 e. The number of alkyl halides is 3. The summed E-state index contributed by atoms with van der Waals surface area (Å²) in [5.74, 6) is -0.245. The monoisotopic (exact) mass is 535 g/mol. The Morgan fingerprint density at radius 3 is 2.68 bits per heavy atom. The first-order valence-corrected chi connectivity index (χ1v) is 12.4. The van der Waals surface area contributed by atoms with Gasteiger partial charge in [0, 0.05) is 36.8 Å².